The van der Waals surface area contributed by atoms with Gasteiger partial charge in [0.25, 0.3) is 0 Å². The maximum absolute atomic E-state index is 2.73. The summed E-state index contributed by atoms with van der Waals surface area (Å²) in [6, 6.07) is 70.2. The van der Waals surface area contributed by atoms with Gasteiger partial charge in [-0.1, -0.05) is 163 Å². The van der Waals surface area contributed by atoms with Crippen molar-refractivity contribution in [2.45, 2.75) is 58.4 Å². The normalized spacial score (nSPS) is 14.5. The highest BCUT2D eigenvalue weighted by molar-refractivity contribution is 6.31. The van der Waals surface area contributed by atoms with Gasteiger partial charge in [-0.15, -0.1) is 0 Å². The van der Waals surface area contributed by atoms with E-state index in [2.05, 4.69) is 233 Å². The second-order valence-corrected chi connectivity index (χ2v) is 21.9. The molecule has 0 bridgehead atoms. The van der Waals surface area contributed by atoms with Gasteiger partial charge in [-0.2, -0.15) is 4.57 Å². The Kier molecular flexibility index (Phi) is 7.32. The Hall–Kier alpha value is -7.81. The molecule has 2 aliphatic heterocycles. The molecule has 3 aromatic heterocycles. The van der Waals surface area contributed by atoms with E-state index in [-0.39, 0.29) is 16.9 Å². The van der Waals surface area contributed by atoms with Crippen molar-refractivity contribution in [1.29, 1.82) is 0 Å². The molecule has 0 radical (unpaired) electrons. The van der Waals surface area contributed by atoms with Crippen LogP contribution in [0, 0.1) is 0 Å². The molecule has 2 nitrogen and oxygen atoms in total. The average Bonchev–Trinajstić information content (AvgIpc) is 4.06. The lowest BCUT2D eigenvalue weighted by Crippen LogP contribution is -2.37. The van der Waals surface area contributed by atoms with E-state index in [0.717, 1.165) is 0 Å². The Bertz CT molecular complexity index is 4390. The first-order chi connectivity index (χ1) is 33.0. The van der Waals surface area contributed by atoms with Gasteiger partial charge in [-0.25, -0.2) is 0 Å². The van der Waals surface area contributed by atoms with Crippen LogP contribution in [-0.2, 0) is 10.8 Å². The molecule has 5 heterocycles. The van der Waals surface area contributed by atoms with Crippen molar-refractivity contribution >= 4 is 81.2 Å². The summed E-state index contributed by atoms with van der Waals surface area (Å²) in [5.74, 6) is 0. The molecule has 13 aromatic rings. The average molecular weight is 870 g/mol. The molecule has 0 N–H and O–H groups in total. The Morgan fingerprint density at radius 2 is 0.897 bits per heavy atom. The molecular formula is C66H49N2+. The third kappa shape index (κ3) is 5.05. The molecule has 0 fully saturated rings. The fraction of sp³-hybridized carbons (Fsp3) is 0.136. The molecule has 2 aliphatic rings. The molecule has 0 aliphatic carbocycles. The summed E-state index contributed by atoms with van der Waals surface area (Å²) in [6.07, 6.45) is 0. The van der Waals surface area contributed by atoms with Crippen LogP contribution in [0.3, 0.4) is 0 Å². The lowest BCUT2D eigenvalue weighted by molar-refractivity contribution is -0.672. The first kappa shape index (κ1) is 38.3. The second-order valence-electron chi connectivity index (χ2n) is 21.9. The van der Waals surface area contributed by atoms with Crippen molar-refractivity contribution in [3.63, 3.8) is 0 Å². The lowest BCUT2D eigenvalue weighted by Gasteiger charge is -2.21. The molecule has 2 heteroatoms. The molecule has 0 amide bonds. The molecule has 15 rings (SSSR count). The fourth-order valence-electron chi connectivity index (χ4n) is 12.6. The van der Waals surface area contributed by atoms with Gasteiger partial charge in [0.2, 0.25) is 17.4 Å². The van der Waals surface area contributed by atoms with Crippen LogP contribution in [-0.4, -0.2) is 4.40 Å². The Balaban J connectivity index is 1.25. The largest absolute Gasteiger partial charge is 0.307 e. The van der Waals surface area contributed by atoms with Crippen molar-refractivity contribution in [1.82, 2.24) is 4.40 Å². The van der Waals surface area contributed by atoms with Gasteiger partial charge in [0.05, 0.1) is 27.7 Å². The number of hydrogen-bond donors (Lipinski definition) is 0. The molecule has 0 saturated carbocycles. The van der Waals surface area contributed by atoms with Crippen LogP contribution in [0.1, 0.15) is 69.8 Å². The van der Waals surface area contributed by atoms with Crippen LogP contribution in [0.4, 0.5) is 0 Å². The molecule has 10 aromatic carbocycles. The number of rotatable bonds is 2. The van der Waals surface area contributed by atoms with Crippen LogP contribution < -0.4 is 4.57 Å². The van der Waals surface area contributed by atoms with E-state index in [9.17, 15) is 0 Å². The molecule has 0 saturated heterocycles. The van der Waals surface area contributed by atoms with Crippen LogP contribution in [0.15, 0.2) is 182 Å². The third-order valence-electron chi connectivity index (χ3n) is 15.9. The third-order valence-corrected chi connectivity index (χ3v) is 15.9. The molecule has 0 spiro atoms. The van der Waals surface area contributed by atoms with Gasteiger partial charge in [0.1, 0.15) is 0 Å². The van der Waals surface area contributed by atoms with E-state index >= 15 is 0 Å². The number of pyridine rings is 1. The maximum Gasteiger partial charge on any atom is 0.215 e. The summed E-state index contributed by atoms with van der Waals surface area (Å²) >= 11 is 0. The van der Waals surface area contributed by atoms with Crippen molar-refractivity contribution in [2.75, 3.05) is 0 Å². The Morgan fingerprint density at radius 3 is 1.51 bits per heavy atom. The predicted octanol–water partition coefficient (Wildman–Crippen LogP) is 17.3. The molecular weight excluding hydrogens is 821 g/mol. The number of aromatic nitrogens is 2. The minimum atomic E-state index is -0.0889. The first-order valence-corrected chi connectivity index (χ1v) is 24.4. The molecule has 322 valence electrons. The number of nitrogens with zero attached hydrogens (tertiary/aromatic N) is 2. The van der Waals surface area contributed by atoms with E-state index in [1.165, 1.54) is 148 Å². The topological polar surface area (TPSA) is 8.29 Å². The minimum Gasteiger partial charge on any atom is -0.307 e. The smallest absolute Gasteiger partial charge is 0.215 e. The monoisotopic (exact) mass is 869 g/mol. The van der Waals surface area contributed by atoms with Crippen molar-refractivity contribution in [3.05, 3.63) is 204 Å². The van der Waals surface area contributed by atoms with Crippen molar-refractivity contribution in [2.24, 2.45) is 0 Å². The van der Waals surface area contributed by atoms with E-state index in [1.54, 1.807) is 0 Å². The van der Waals surface area contributed by atoms with Crippen LogP contribution >= 0.6 is 0 Å². The second kappa shape index (κ2) is 13.0. The van der Waals surface area contributed by atoms with Gasteiger partial charge in [0.15, 0.2) is 0 Å². The molecule has 68 heavy (non-hydrogen) atoms. The SMILES string of the molecule is CC(C)(C)c1cc2[n+]3c(c1)-c1c(c(-c4ccc5ccccc5c4)c4c5cc(C(C)(C)C)cc6c7cc8ccccc8cc7n(c4c1-c1ccc4ccccc4c1)c65)C3c1cc3ccccc3cc1-2. The Labute approximate surface area is 395 Å². The van der Waals surface area contributed by atoms with Crippen LogP contribution in [0.5, 0.6) is 0 Å². The number of hydrogen-bond acceptors (Lipinski definition) is 0. The van der Waals surface area contributed by atoms with Gasteiger partial charge in [-0.05, 0) is 125 Å². The van der Waals surface area contributed by atoms with Gasteiger partial charge < -0.3 is 4.40 Å². The summed E-state index contributed by atoms with van der Waals surface area (Å²) in [5.41, 5.74) is 19.6. The van der Waals surface area contributed by atoms with Gasteiger partial charge in [-0.3, -0.25) is 0 Å². The Morgan fingerprint density at radius 1 is 0.397 bits per heavy atom. The molecule has 1 atom stereocenters. The highest BCUT2D eigenvalue weighted by atomic mass is 15.1. The predicted molar refractivity (Wildman–Crippen MR) is 288 cm³/mol. The zero-order chi connectivity index (χ0) is 45.5. The number of benzene rings is 10. The summed E-state index contributed by atoms with van der Waals surface area (Å²) < 4.78 is 5.43. The zero-order valence-electron chi connectivity index (χ0n) is 39.3. The summed E-state index contributed by atoms with van der Waals surface area (Å²) in [7, 11) is 0. The van der Waals surface area contributed by atoms with E-state index in [4.69, 9.17) is 0 Å². The summed E-state index contributed by atoms with van der Waals surface area (Å²) in [6.45, 7) is 14.2. The first-order valence-electron chi connectivity index (χ1n) is 24.4. The summed E-state index contributed by atoms with van der Waals surface area (Å²) in [5, 5.41) is 15.4. The van der Waals surface area contributed by atoms with Crippen molar-refractivity contribution < 1.29 is 4.57 Å². The highest BCUT2D eigenvalue weighted by Gasteiger charge is 2.51. The maximum atomic E-state index is 2.73. The quantitative estimate of drug-likeness (QED) is 0.153. The summed E-state index contributed by atoms with van der Waals surface area (Å²) in [4.78, 5) is 0. The lowest BCUT2D eigenvalue weighted by atomic mass is 9.79. The van der Waals surface area contributed by atoms with Crippen LogP contribution in [0.25, 0.3) is 126 Å². The van der Waals surface area contributed by atoms with Crippen molar-refractivity contribution in [3.8, 4) is 44.8 Å². The van der Waals surface area contributed by atoms with E-state index in [0.29, 0.717) is 0 Å². The fourth-order valence-corrected chi connectivity index (χ4v) is 12.6. The number of fused-ring (bicyclic) bond motifs is 16. The van der Waals surface area contributed by atoms with Crippen LogP contribution in [0.2, 0.25) is 0 Å². The highest BCUT2D eigenvalue weighted by Crippen LogP contribution is 2.59. The zero-order valence-corrected chi connectivity index (χ0v) is 39.3. The van der Waals surface area contributed by atoms with E-state index < -0.39 is 0 Å². The minimum absolute atomic E-state index is 0.0310. The molecule has 1 unspecified atom stereocenters. The van der Waals surface area contributed by atoms with Gasteiger partial charge >= 0.3 is 0 Å². The van der Waals surface area contributed by atoms with E-state index in [1.807, 2.05) is 0 Å². The standard InChI is InChI=1S/C66H49N2/c1-65(2,3)47-33-52-50-30-42-20-13-14-22-44(42)32-54(50)68-62(52)53(34-47)59-57(45-25-23-37-15-7-9-17-39(37)27-45)61-60(58(64(59)68)46-26-24-38-16-8-10-18-40(38)28-46)56-36-48(66(4,5)6)35-55-49-29-41-19-11-12-21-43(41)31-51(49)63(61)67(55)56/h7-36,63H,1-6H3/q+1. The van der Waals surface area contributed by atoms with Gasteiger partial charge in [0, 0.05) is 55.9 Å².